The Bertz CT molecular complexity index is 746. The van der Waals surface area contributed by atoms with Gasteiger partial charge in [-0.2, -0.15) is 0 Å². The van der Waals surface area contributed by atoms with E-state index in [1.54, 1.807) is 19.1 Å². The predicted molar refractivity (Wildman–Crippen MR) is 85.6 cm³/mol. The zero-order valence-corrected chi connectivity index (χ0v) is 14.1. The van der Waals surface area contributed by atoms with Crippen LogP contribution in [0.3, 0.4) is 0 Å². The summed E-state index contributed by atoms with van der Waals surface area (Å²) in [7, 11) is 1.42. The van der Waals surface area contributed by atoms with Gasteiger partial charge in [-0.15, -0.1) is 0 Å². The Hall–Kier alpha value is -2.18. The van der Waals surface area contributed by atoms with Gasteiger partial charge in [0.1, 0.15) is 11.5 Å². The van der Waals surface area contributed by atoms with Gasteiger partial charge in [0.2, 0.25) is 0 Å². The van der Waals surface area contributed by atoms with E-state index in [-0.39, 0.29) is 46.9 Å². The standard InChI is InChI=1S/C18H20O6/c1-8(2)23-10-6-12-14(13(7-10)22-4)17(20)15-11(16(12)19)5-9(3)24-18(15)21/h6-9,18,21H,5H2,1-4H3/t9-,18+/m0/s1. The molecule has 1 aromatic carbocycles. The predicted octanol–water partition coefficient (Wildman–Crippen LogP) is 2.29. The zero-order valence-electron chi connectivity index (χ0n) is 14.1. The Morgan fingerprint density at radius 3 is 2.58 bits per heavy atom. The number of ether oxygens (including phenoxy) is 3. The molecule has 0 amide bonds. The van der Waals surface area contributed by atoms with E-state index in [2.05, 4.69) is 0 Å². The van der Waals surface area contributed by atoms with E-state index in [1.807, 2.05) is 13.8 Å². The van der Waals surface area contributed by atoms with Crippen molar-refractivity contribution in [1.82, 2.24) is 0 Å². The summed E-state index contributed by atoms with van der Waals surface area (Å²) in [6.45, 7) is 5.49. The Labute approximate surface area is 140 Å². The van der Waals surface area contributed by atoms with Gasteiger partial charge < -0.3 is 19.3 Å². The number of fused-ring (bicyclic) bond motifs is 1. The van der Waals surface area contributed by atoms with Crippen LogP contribution in [0.2, 0.25) is 0 Å². The van der Waals surface area contributed by atoms with Crippen LogP contribution in [0.15, 0.2) is 23.3 Å². The summed E-state index contributed by atoms with van der Waals surface area (Å²) in [6.07, 6.45) is -1.53. The van der Waals surface area contributed by atoms with Crippen LogP contribution in [0.25, 0.3) is 0 Å². The molecule has 128 valence electrons. The van der Waals surface area contributed by atoms with Gasteiger partial charge in [-0.05, 0) is 26.8 Å². The molecule has 0 aromatic heterocycles. The third-order valence-corrected chi connectivity index (χ3v) is 4.08. The molecule has 0 fully saturated rings. The van der Waals surface area contributed by atoms with Crippen molar-refractivity contribution in [3.05, 3.63) is 34.4 Å². The maximum absolute atomic E-state index is 12.9. The van der Waals surface area contributed by atoms with Gasteiger partial charge in [-0.3, -0.25) is 9.59 Å². The van der Waals surface area contributed by atoms with Crippen LogP contribution in [-0.4, -0.2) is 42.3 Å². The lowest BCUT2D eigenvalue weighted by Gasteiger charge is -2.32. The van der Waals surface area contributed by atoms with E-state index in [4.69, 9.17) is 14.2 Å². The first-order chi connectivity index (χ1) is 11.3. The molecule has 1 N–H and O–H groups in total. The van der Waals surface area contributed by atoms with Crippen LogP contribution in [0.4, 0.5) is 0 Å². The fourth-order valence-electron chi connectivity index (χ4n) is 3.15. The number of ketones is 2. The monoisotopic (exact) mass is 332 g/mol. The summed E-state index contributed by atoms with van der Waals surface area (Å²) < 4.78 is 16.2. The second kappa shape index (κ2) is 6.03. The summed E-state index contributed by atoms with van der Waals surface area (Å²) >= 11 is 0. The first-order valence-corrected chi connectivity index (χ1v) is 7.88. The number of aliphatic hydroxyl groups excluding tert-OH is 1. The van der Waals surface area contributed by atoms with Crippen molar-refractivity contribution in [2.75, 3.05) is 7.11 Å². The summed E-state index contributed by atoms with van der Waals surface area (Å²) in [6, 6.07) is 3.14. The van der Waals surface area contributed by atoms with Gasteiger partial charge in [0.25, 0.3) is 0 Å². The highest BCUT2D eigenvalue weighted by Crippen LogP contribution is 2.40. The zero-order chi connectivity index (χ0) is 17.6. The molecule has 6 nitrogen and oxygen atoms in total. The highest BCUT2D eigenvalue weighted by Gasteiger charge is 2.41. The Kier molecular flexibility index (Phi) is 4.19. The number of hydrogen-bond donors (Lipinski definition) is 1. The van der Waals surface area contributed by atoms with E-state index < -0.39 is 12.1 Å². The third-order valence-electron chi connectivity index (χ3n) is 4.08. The van der Waals surface area contributed by atoms with Crippen molar-refractivity contribution in [2.24, 2.45) is 0 Å². The number of benzene rings is 1. The summed E-state index contributed by atoms with van der Waals surface area (Å²) in [4.78, 5) is 25.8. The molecule has 0 bridgehead atoms. The minimum absolute atomic E-state index is 0.0152. The number of Topliss-reactive ketones (excluding diaryl/α,β-unsaturated/α-hetero) is 2. The van der Waals surface area contributed by atoms with Crippen molar-refractivity contribution < 1.29 is 28.9 Å². The van der Waals surface area contributed by atoms with Crippen LogP contribution >= 0.6 is 0 Å². The van der Waals surface area contributed by atoms with E-state index in [1.165, 1.54) is 7.11 Å². The Morgan fingerprint density at radius 2 is 1.96 bits per heavy atom. The fourth-order valence-corrected chi connectivity index (χ4v) is 3.15. The normalized spacial score (nSPS) is 23.2. The molecule has 24 heavy (non-hydrogen) atoms. The molecule has 1 aliphatic carbocycles. The van der Waals surface area contributed by atoms with E-state index in [0.717, 1.165) is 0 Å². The maximum Gasteiger partial charge on any atom is 0.198 e. The van der Waals surface area contributed by atoms with Crippen molar-refractivity contribution in [3.8, 4) is 11.5 Å². The summed E-state index contributed by atoms with van der Waals surface area (Å²) in [5.41, 5.74) is 0.716. The van der Waals surface area contributed by atoms with Crippen LogP contribution in [0, 0.1) is 0 Å². The Balaban J connectivity index is 2.17. The van der Waals surface area contributed by atoms with E-state index >= 15 is 0 Å². The first kappa shape index (κ1) is 16.7. The number of hydrogen-bond acceptors (Lipinski definition) is 6. The van der Waals surface area contributed by atoms with Crippen LogP contribution < -0.4 is 9.47 Å². The molecule has 0 saturated carbocycles. The van der Waals surface area contributed by atoms with E-state index in [0.29, 0.717) is 11.3 Å². The average Bonchev–Trinajstić information content (AvgIpc) is 2.50. The number of carbonyl (C=O) groups is 2. The molecular formula is C18H20O6. The third kappa shape index (κ3) is 2.61. The highest BCUT2D eigenvalue weighted by molar-refractivity contribution is 6.28. The molecular weight excluding hydrogens is 312 g/mol. The second-order valence-electron chi connectivity index (χ2n) is 6.27. The van der Waals surface area contributed by atoms with Crippen LogP contribution in [-0.2, 0) is 4.74 Å². The van der Waals surface area contributed by atoms with Crippen LogP contribution in [0.1, 0.15) is 47.9 Å². The van der Waals surface area contributed by atoms with Gasteiger partial charge in [0, 0.05) is 23.6 Å². The molecule has 0 spiro atoms. The molecule has 2 atom stereocenters. The van der Waals surface area contributed by atoms with Gasteiger partial charge in [0.05, 0.1) is 30.5 Å². The second-order valence-corrected chi connectivity index (χ2v) is 6.27. The topological polar surface area (TPSA) is 82.1 Å². The largest absolute Gasteiger partial charge is 0.496 e. The molecule has 3 rings (SSSR count). The molecule has 1 aliphatic heterocycles. The van der Waals surface area contributed by atoms with Crippen molar-refractivity contribution in [1.29, 1.82) is 0 Å². The van der Waals surface area contributed by atoms with Crippen molar-refractivity contribution >= 4 is 11.6 Å². The van der Waals surface area contributed by atoms with Gasteiger partial charge >= 0.3 is 0 Å². The molecule has 2 aliphatic rings. The number of rotatable bonds is 3. The maximum atomic E-state index is 12.9. The minimum atomic E-state index is -1.40. The fraction of sp³-hybridized carbons (Fsp3) is 0.444. The minimum Gasteiger partial charge on any atom is -0.496 e. The quantitative estimate of drug-likeness (QED) is 0.914. The van der Waals surface area contributed by atoms with Gasteiger partial charge in [0.15, 0.2) is 17.9 Å². The van der Waals surface area contributed by atoms with Crippen molar-refractivity contribution in [3.63, 3.8) is 0 Å². The molecule has 0 radical (unpaired) electrons. The Morgan fingerprint density at radius 1 is 1.25 bits per heavy atom. The number of aliphatic hydroxyl groups is 1. The SMILES string of the molecule is COc1cc(OC(C)C)cc2c1C(=O)C1=C(C[C@H](C)O[C@H]1O)C2=O. The highest BCUT2D eigenvalue weighted by atomic mass is 16.6. The molecule has 0 unspecified atom stereocenters. The van der Waals surface area contributed by atoms with Gasteiger partial charge in [-0.1, -0.05) is 0 Å². The average molecular weight is 332 g/mol. The molecule has 1 heterocycles. The summed E-state index contributed by atoms with van der Waals surface area (Å²) in [5, 5.41) is 10.1. The number of carbonyl (C=O) groups excluding carboxylic acids is 2. The molecule has 1 aromatic rings. The lowest BCUT2D eigenvalue weighted by atomic mass is 9.80. The van der Waals surface area contributed by atoms with Gasteiger partial charge in [-0.25, -0.2) is 0 Å². The first-order valence-electron chi connectivity index (χ1n) is 7.88. The molecule has 6 heteroatoms. The summed E-state index contributed by atoms with van der Waals surface area (Å²) in [5.74, 6) is -0.0152. The lowest BCUT2D eigenvalue weighted by molar-refractivity contribution is -0.112. The van der Waals surface area contributed by atoms with Crippen molar-refractivity contribution in [2.45, 2.75) is 45.7 Å². The van der Waals surface area contributed by atoms with E-state index in [9.17, 15) is 14.7 Å². The van der Waals surface area contributed by atoms with Crippen LogP contribution in [0.5, 0.6) is 11.5 Å². The smallest absolute Gasteiger partial charge is 0.198 e. The molecule has 0 saturated heterocycles. The lowest BCUT2D eigenvalue weighted by Crippen LogP contribution is -2.37. The number of methoxy groups -OCH3 is 1.